The monoisotopic (exact) mass is 506 g/mol. The van der Waals surface area contributed by atoms with Crippen LogP contribution in [0.15, 0.2) is 66.7 Å². The first-order valence-corrected chi connectivity index (χ1v) is 12.7. The van der Waals surface area contributed by atoms with Crippen molar-refractivity contribution >= 4 is 44.8 Å². The molecule has 3 aromatic rings. The van der Waals surface area contributed by atoms with Gasteiger partial charge in [-0.3, -0.25) is 9.10 Å². The van der Waals surface area contributed by atoms with Gasteiger partial charge in [0, 0.05) is 11.1 Å². The topological polar surface area (TPSA) is 75.7 Å². The Balaban J connectivity index is 1.77. The molecular formula is C24H24Cl2N2O4S. The first-order valence-electron chi connectivity index (χ1n) is 10.1. The summed E-state index contributed by atoms with van der Waals surface area (Å²) in [5, 5.41) is 3.38. The highest BCUT2D eigenvalue weighted by Gasteiger charge is 2.22. The van der Waals surface area contributed by atoms with E-state index in [4.69, 9.17) is 27.9 Å². The fourth-order valence-electron chi connectivity index (χ4n) is 3.38. The summed E-state index contributed by atoms with van der Waals surface area (Å²) in [7, 11) is -2.05. The molecule has 0 spiro atoms. The minimum Gasteiger partial charge on any atom is -0.496 e. The molecule has 33 heavy (non-hydrogen) atoms. The number of halogens is 2. The minimum absolute atomic E-state index is 0.0401. The molecule has 0 saturated carbocycles. The van der Waals surface area contributed by atoms with Gasteiger partial charge < -0.3 is 10.1 Å². The summed E-state index contributed by atoms with van der Waals surface area (Å²) in [5.41, 5.74) is 2.30. The number of para-hydroxylation sites is 1. The molecule has 0 aliphatic carbocycles. The Labute approximate surface area is 204 Å². The van der Waals surface area contributed by atoms with E-state index < -0.39 is 10.0 Å². The van der Waals surface area contributed by atoms with Crippen molar-refractivity contribution in [2.75, 3.05) is 17.7 Å². The van der Waals surface area contributed by atoms with E-state index in [1.807, 2.05) is 31.2 Å². The number of nitrogens with one attached hydrogen (secondary N) is 1. The smallest absolute Gasteiger partial charge is 0.251 e. The average molecular weight is 507 g/mol. The first kappa shape index (κ1) is 24.9. The number of ether oxygens (including phenoxy) is 1. The molecule has 3 rings (SSSR count). The molecule has 0 fully saturated rings. The fourth-order valence-corrected chi connectivity index (χ4v) is 4.72. The molecular weight excluding hydrogens is 483 g/mol. The van der Waals surface area contributed by atoms with E-state index in [9.17, 15) is 13.2 Å². The van der Waals surface area contributed by atoms with Crippen molar-refractivity contribution in [3.63, 3.8) is 0 Å². The van der Waals surface area contributed by atoms with Gasteiger partial charge in [-0.25, -0.2) is 8.42 Å². The third-order valence-corrected chi connectivity index (χ3v) is 7.03. The molecule has 9 heteroatoms. The molecule has 0 bridgehead atoms. The van der Waals surface area contributed by atoms with Gasteiger partial charge in [-0.1, -0.05) is 59.6 Å². The van der Waals surface area contributed by atoms with E-state index in [2.05, 4.69) is 5.32 Å². The van der Waals surface area contributed by atoms with Crippen molar-refractivity contribution in [3.8, 4) is 5.75 Å². The zero-order valence-corrected chi connectivity index (χ0v) is 20.7. The van der Waals surface area contributed by atoms with Crippen molar-refractivity contribution < 1.29 is 17.9 Å². The van der Waals surface area contributed by atoms with Crippen LogP contribution < -0.4 is 14.4 Å². The third kappa shape index (κ3) is 5.99. The van der Waals surface area contributed by atoms with Gasteiger partial charge in [-0.15, -0.1) is 0 Å². The number of carbonyl (C=O) groups excluding carboxylic acids is 1. The predicted octanol–water partition coefficient (Wildman–Crippen LogP) is 5.46. The Morgan fingerprint density at radius 3 is 2.33 bits per heavy atom. The van der Waals surface area contributed by atoms with Gasteiger partial charge in [0.1, 0.15) is 5.75 Å². The van der Waals surface area contributed by atoms with Gasteiger partial charge >= 0.3 is 0 Å². The van der Waals surface area contributed by atoms with Gasteiger partial charge in [0.25, 0.3) is 5.91 Å². The fraction of sp³-hybridized carbons (Fsp3) is 0.208. The Morgan fingerprint density at radius 2 is 1.70 bits per heavy atom. The molecule has 0 aromatic heterocycles. The van der Waals surface area contributed by atoms with Crippen molar-refractivity contribution in [1.29, 1.82) is 0 Å². The Kier molecular flexibility index (Phi) is 7.89. The normalized spacial score (nSPS) is 12.2. The molecule has 1 N–H and O–H groups in total. The van der Waals surface area contributed by atoms with Gasteiger partial charge in [0.15, 0.2) is 0 Å². The van der Waals surface area contributed by atoms with Gasteiger partial charge in [-0.05, 0) is 42.8 Å². The van der Waals surface area contributed by atoms with Crippen molar-refractivity contribution in [3.05, 3.63) is 93.5 Å². The van der Waals surface area contributed by atoms with Crippen LogP contribution in [0.2, 0.25) is 10.0 Å². The zero-order valence-electron chi connectivity index (χ0n) is 18.4. The van der Waals surface area contributed by atoms with Crippen LogP contribution >= 0.6 is 23.2 Å². The van der Waals surface area contributed by atoms with Crippen LogP contribution in [0.1, 0.15) is 34.5 Å². The summed E-state index contributed by atoms with van der Waals surface area (Å²) < 4.78 is 31.4. The molecule has 1 amide bonds. The lowest BCUT2D eigenvalue weighted by atomic mass is 10.1. The molecule has 1 atom stereocenters. The standard InChI is InChI=1S/C24H24Cl2N2O4S/c1-16(19-7-4-5-10-22(19)32-2)27-24(29)18-13-11-17(12-14-18)15-28(33(3,30)31)21-9-6-8-20(25)23(21)26/h4-14,16H,15H2,1-3H3,(H,27,29). The Morgan fingerprint density at radius 1 is 1.03 bits per heavy atom. The lowest BCUT2D eigenvalue weighted by Gasteiger charge is -2.24. The summed E-state index contributed by atoms with van der Waals surface area (Å²) in [5.74, 6) is 0.444. The molecule has 0 aliphatic rings. The maximum absolute atomic E-state index is 12.7. The number of benzene rings is 3. The second-order valence-electron chi connectivity index (χ2n) is 7.48. The summed E-state index contributed by atoms with van der Waals surface area (Å²) >= 11 is 12.3. The Hall–Kier alpha value is -2.74. The lowest BCUT2D eigenvalue weighted by molar-refractivity contribution is 0.0939. The van der Waals surface area contributed by atoms with Crippen molar-refractivity contribution in [2.45, 2.75) is 19.5 Å². The SMILES string of the molecule is COc1ccccc1C(C)NC(=O)c1ccc(CN(c2cccc(Cl)c2Cl)S(C)(=O)=O)cc1. The highest BCUT2D eigenvalue weighted by atomic mass is 35.5. The summed E-state index contributed by atoms with van der Waals surface area (Å²) in [6, 6.07) is 18.8. The number of anilines is 1. The van der Waals surface area contributed by atoms with Crippen LogP contribution in [0.4, 0.5) is 5.69 Å². The first-order chi connectivity index (χ1) is 15.6. The molecule has 3 aromatic carbocycles. The number of carbonyl (C=O) groups is 1. The molecule has 0 radical (unpaired) electrons. The van der Waals surface area contributed by atoms with Gasteiger partial charge in [0.2, 0.25) is 10.0 Å². The van der Waals surface area contributed by atoms with Crippen molar-refractivity contribution in [1.82, 2.24) is 5.32 Å². The molecule has 0 heterocycles. The van der Waals surface area contributed by atoms with E-state index in [0.717, 1.165) is 11.8 Å². The predicted molar refractivity (Wildman–Crippen MR) is 133 cm³/mol. The number of methoxy groups -OCH3 is 1. The highest BCUT2D eigenvalue weighted by molar-refractivity contribution is 7.92. The van der Waals surface area contributed by atoms with Crippen LogP contribution in [0.25, 0.3) is 0 Å². The zero-order chi connectivity index (χ0) is 24.2. The van der Waals surface area contributed by atoms with Crippen LogP contribution in [0.3, 0.4) is 0 Å². The molecule has 1 unspecified atom stereocenters. The number of hydrogen-bond acceptors (Lipinski definition) is 4. The molecule has 0 aliphatic heterocycles. The maximum Gasteiger partial charge on any atom is 0.251 e. The number of nitrogens with zero attached hydrogens (tertiary/aromatic N) is 1. The summed E-state index contributed by atoms with van der Waals surface area (Å²) in [4.78, 5) is 12.7. The second kappa shape index (κ2) is 10.5. The van der Waals surface area contributed by atoms with E-state index in [0.29, 0.717) is 22.6 Å². The van der Waals surface area contributed by atoms with Gasteiger partial charge in [0.05, 0.1) is 41.7 Å². The number of hydrogen-bond donors (Lipinski definition) is 1. The van der Waals surface area contributed by atoms with Gasteiger partial charge in [-0.2, -0.15) is 0 Å². The van der Waals surface area contributed by atoms with Crippen LogP contribution in [0, 0.1) is 0 Å². The van der Waals surface area contributed by atoms with Crippen LogP contribution in [-0.4, -0.2) is 27.7 Å². The minimum atomic E-state index is -3.64. The lowest BCUT2D eigenvalue weighted by Crippen LogP contribution is -2.30. The summed E-state index contributed by atoms with van der Waals surface area (Å²) in [6.07, 6.45) is 1.10. The third-order valence-electron chi connectivity index (χ3n) is 5.10. The van der Waals surface area contributed by atoms with Crippen LogP contribution in [0.5, 0.6) is 5.75 Å². The highest BCUT2D eigenvalue weighted by Crippen LogP contribution is 2.34. The number of rotatable bonds is 8. The maximum atomic E-state index is 12.7. The van der Waals surface area contributed by atoms with E-state index >= 15 is 0 Å². The van der Waals surface area contributed by atoms with E-state index in [1.165, 1.54) is 4.31 Å². The Bertz CT molecular complexity index is 1250. The number of amides is 1. The van der Waals surface area contributed by atoms with E-state index in [-0.39, 0.29) is 28.5 Å². The average Bonchev–Trinajstić information content (AvgIpc) is 2.79. The van der Waals surface area contributed by atoms with E-state index in [1.54, 1.807) is 49.6 Å². The molecule has 174 valence electrons. The van der Waals surface area contributed by atoms with Crippen molar-refractivity contribution in [2.24, 2.45) is 0 Å². The molecule has 0 saturated heterocycles. The second-order valence-corrected chi connectivity index (χ2v) is 10.2. The number of sulfonamides is 1. The molecule has 6 nitrogen and oxygen atoms in total. The largest absolute Gasteiger partial charge is 0.496 e. The van der Waals surface area contributed by atoms with Crippen LogP contribution in [-0.2, 0) is 16.6 Å². The summed E-state index contributed by atoms with van der Waals surface area (Å²) in [6.45, 7) is 1.92. The quantitative estimate of drug-likeness (QED) is 0.440.